The topological polar surface area (TPSA) is 35.1 Å². The molecule has 1 aliphatic rings. The van der Waals surface area contributed by atoms with Crippen molar-refractivity contribution in [3.63, 3.8) is 0 Å². The summed E-state index contributed by atoms with van der Waals surface area (Å²) in [5.41, 5.74) is 2.84. The second kappa shape index (κ2) is 5.99. The number of nitrogens with zero attached hydrogens (tertiary/aromatic N) is 1. The van der Waals surface area contributed by atoms with Gasteiger partial charge < -0.3 is 4.42 Å². The van der Waals surface area contributed by atoms with Gasteiger partial charge >= 0.3 is 5.76 Å². The summed E-state index contributed by atoms with van der Waals surface area (Å²) >= 11 is 3.87. The summed E-state index contributed by atoms with van der Waals surface area (Å²) in [4.78, 5) is 12.2. The number of hydrogen-bond donors (Lipinski definition) is 0. The van der Waals surface area contributed by atoms with Gasteiger partial charge in [-0.25, -0.2) is 4.79 Å². The molecule has 3 atom stereocenters. The van der Waals surface area contributed by atoms with Crippen LogP contribution in [0.25, 0.3) is 11.1 Å². The summed E-state index contributed by atoms with van der Waals surface area (Å²) < 4.78 is 7.14. The Kier molecular flexibility index (Phi) is 4.25. The molecule has 21 heavy (non-hydrogen) atoms. The number of aryl methyl sites for hydroxylation is 1. The molecule has 0 bridgehead atoms. The van der Waals surface area contributed by atoms with Crippen LogP contribution in [-0.4, -0.2) is 4.57 Å². The van der Waals surface area contributed by atoms with E-state index in [0.717, 1.165) is 17.9 Å². The summed E-state index contributed by atoms with van der Waals surface area (Å²) in [5, 5.41) is 0. The lowest BCUT2D eigenvalue weighted by Crippen LogP contribution is -2.13. The van der Waals surface area contributed by atoms with E-state index in [4.69, 9.17) is 4.42 Å². The molecule has 4 heteroatoms. The van der Waals surface area contributed by atoms with Crippen molar-refractivity contribution in [1.82, 2.24) is 4.57 Å². The Labute approximate surface area is 133 Å². The van der Waals surface area contributed by atoms with Gasteiger partial charge in [-0.3, -0.25) is 4.57 Å². The molecular formula is C17H22BrNO2. The van der Waals surface area contributed by atoms with E-state index >= 15 is 0 Å². The molecule has 0 radical (unpaired) electrons. The summed E-state index contributed by atoms with van der Waals surface area (Å²) in [6.07, 6.45) is 4.84. The molecule has 1 saturated carbocycles. The minimum Gasteiger partial charge on any atom is -0.408 e. The van der Waals surface area contributed by atoms with Gasteiger partial charge in [0.1, 0.15) is 0 Å². The van der Waals surface area contributed by atoms with Crippen molar-refractivity contribution in [2.24, 2.45) is 11.8 Å². The van der Waals surface area contributed by atoms with E-state index in [-0.39, 0.29) is 5.76 Å². The van der Waals surface area contributed by atoms with Crippen molar-refractivity contribution in [3.8, 4) is 0 Å². The molecule has 0 amide bonds. The van der Waals surface area contributed by atoms with Crippen LogP contribution in [0, 0.1) is 11.8 Å². The third kappa shape index (κ3) is 2.70. The fraction of sp³-hybridized carbons (Fsp3) is 0.588. The average molecular weight is 352 g/mol. The van der Waals surface area contributed by atoms with Crippen molar-refractivity contribution in [2.75, 3.05) is 0 Å². The van der Waals surface area contributed by atoms with Gasteiger partial charge in [-0.15, -0.1) is 0 Å². The smallest absolute Gasteiger partial charge is 0.408 e. The maximum Gasteiger partial charge on any atom is 0.419 e. The van der Waals surface area contributed by atoms with E-state index in [1.165, 1.54) is 24.8 Å². The maximum atomic E-state index is 11.9. The quantitative estimate of drug-likeness (QED) is 0.736. The van der Waals surface area contributed by atoms with Gasteiger partial charge in [0.2, 0.25) is 0 Å². The van der Waals surface area contributed by atoms with E-state index in [1.807, 2.05) is 12.1 Å². The summed E-state index contributed by atoms with van der Waals surface area (Å²) in [5.74, 6) is 1.18. The molecule has 3 rings (SSSR count). The summed E-state index contributed by atoms with van der Waals surface area (Å²) in [6.45, 7) is 5.11. The lowest BCUT2D eigenvalue weighted by atomic mass is 9.91. The van der Waals surface area contributed by atoms with E-state index in [0.29, 0.717) is 22.9 Å². The first kappa shape index (κ1) is 14.9. The zero-order valence-electron chi connectivity index (χ0n) is 12.6. The number of aromatic nitrogens is 1. The molecule has 0 aliphatic heterocycles. The van der Waals surface area contributed by atoms with Crippen molar-refractivity contribution in [1.29, 1.82) is 0 Å². The lowest BCUT2D eigenvalue weighted by Gasteiger charge is -2.22. The van der Waals surface area contributed by atoms with Crippen LogP contribution in [0.1, 0.15) is 49.9 Å². The molecule has 1 aromatic heterocycles. The molecule has 1 fully saturated rings. The Bertz CT molecular complexity index is 688. The molecule has 3 nitrogen and oxygen atoms in total. The van der Waals surface area contributed by atoms with Crippen LogP contribution in [-0.2, 0) is 6.54 Å². The van der Waals surface area contributed by atoms with Gasteiger partial charge in [0.25, 0.3) is 0 Å². The highest BCUT2D eigenvalue weighted by atomic mass is 79.9. The maximum absolute atomic E-state index is 11.9. The molecule has 1 aliphatic carbocycles. The molecule has 1 heterocycles. The Morgan fingerprint density at radius 2 is 2.24 bits per heavy atom. The predicted octanol–water partition coefficient (Wildman–Crippen LogP) is 4.88. The van der Waals surface area contributed by atoms with Gasteiger partial charge in [0.05, 0.1) is 5.52 Å². The number of rotatable bonds is 4. The second-order valence-corrected chi connectivity index (χ2v) is 7.21. The molecule has 114 valence electrons. The van der Waals surface area contributed by atoms with Crippen LogP contribution >= 0.6 is 15.9 Å². The van der Waals surface area contributed by atoms with Gasteiger partial charge in [0.15, 0.2) is 5.58 Å². The minimum atomic E-state index is -0.246. The van der Waals surface area contributed by atoms with Crippen LogP contribution in [0.4, 0.5) is 0 Å². The number of benzene rings is 1. The molecular weight excluding hydrogens is 330 g/mol. The number of halogens is 1. The fourth-order valence-electron chi connectivity index (χ4n) is 3.55. The van der Waals surface area contributed by atoms with Crippen molar-refractivity contribution < 1.29 is 4.42 Å². The summed E-state index contributed by atoms with van der Waals surface area (Å²) in [7, 11) is 0. The zero-order valence-corrected chi connectivity index (χ0v) is 14.2. The zero-order chi connectivity index (χ0) is 15.0. The molecule has 2 aromatic rings. The van der Waals surface area contributed by atoms with Crippen molar-refractivity contribution in [3.05, 3.63) is 34.3 Å². The van der Waals surface area contributed by atoms with Crippen molar-refractivity contribution in [2.45, 2.75) is 50.9 Å². The first-order valence-electron chi connectivity index (χ1n) is 7.89. The highest BCUT2D eigenvalue weighted by Crippen LogP contribution is 2.44. The van der Waals surface area contributed by atoms with Crippen molar-refractivity contribution >= 4 is 27.0 Å². The van der Waals surface area contributed by atoms with Crippen LogP contribution in [0.2, 0.25) is 0 Å². The summed E-state index contributed by atoms with van der Waals surface area (Å²) in [6, 6.07) is 6.19. The van der Waals surface area contributed by atoms with E-state index in [2.05, 4.69) is 35.8 Å². The van der Waals surface area contributed by atoms with Crippen LogP contribution in [0.5, 0.6) is 0 Å². The molecule has 0 saturated heterocycles. The van der Waals surface area contributed by atoms with Crippen LogP contribution in [0.15, 0.2) is 27.4 Å². The Hall–Kier alpha value is -1.03. The van der Waals surface area contributed by atoms with E-state index < -0.39 is 0 Å². The van der Waals surface area contributed by atoms with Gasteiger partial charge in [-0.2, -0.15) is 0 Å². The standard InChI is InChI=1S/C17H22BrNO2/c1-3-9-19-14-8-7-12(10-15(14)21-17(19)20)16(18)13-6-4-5-11(13)2/h7-8,10-11,13,16H,3-6,9H2,1-2H3. The third-order valence-electron chi connectivity index (χ3n) is 4.76. The Morgan fingerprint density at radius 1 is 1.43 bits per heavy atom. The number of hydrogen-bond acceptors (Lipinski definition) is 2. The average Bonchev–Trinajstić information content (AvgIpc) is 3.02. The number of fused-ring (bicyclic) bond motifs is 1. The SMILES string of the molecule is CCCn1c(=O)oc2cc(C(Br)C3CCCC3C)ccc21. The molecule has 0 spiro atoms. The second-order valence-electron chi connectivity index (χ2n) is 6.22. The Morgan fingerprint density at radius 3 is 2.90 bits per heavy atom. The highest BCUT2D eigenvalue weighted by molar-refractivity contribution is 9.09. The largest absolute Gasteiger partial charge is 0.419 e. The third-order valence-corrected chi connectivity index (χ3v) is 5.97. The van der Waals surface area contributed by atoms with Gasteiger partial charge in [0, 0.05) is 11.4 Å². The predicted molar refractivity (Wildman–Crippen MR) is 88.9 cm³/mol. The molecule has 1 aromatic carbocycles. The Balaban J connectivity index is 1.96. The van der Waals surface area contributed by atoms with Crippen LogP contribution in [0.3, 0.4) is 0 Å². The van der Waals surface area contributed by atoms with E-state index in [9.17, 15) is 4.79 Å². The lowest BCUT2D eigenvalue weighted by molar-refractivity contribution is 0.414. The highest BCUT2D eigenvalue weighted by Gasteiger charge is 2.30. The molecule has 0 N–H and O–H groups in total. The monoisotopic (exact) mass is 351 g/mol. The minimum absolute atomic E-state index is 0.246. The van der Waals surface area contributed by atoms with Crippen LogP contribution < -0.4 is 5.76 Å². The fourth-order valence-corrected chi connectivity index (χ4v) is 4.62. The van der Waals surface area contributed by atoms with Gasteiger partial charge in [-0.05, 0) is 42.4 Å². The number of alkyl halides is 1. The first-order chi connectivity index (χ1) is 10.1. The first-order valence-corrected chi connectivity index (χ1v) is 8.80. The van der Waals surface area contributed by atoms with Gasteiger partial charge in [-0.1, -0.05) is 48.7 Å². The molecule has 3 unspecified atom stereocenters. The van der Waals surface area contributed by atoms with E-state index in [1.54, 1.807) is 4.57 Å². The normalized spacial score (nSPS) is 23.8. The number of oxazole rings is 1.